The molecule has 3 atom stereocenters. The van der Waals surface area contributed by atoms with Crippen molar-refractivity contribution in [3.63, 3.8) is 0 Å². The molecule has 1 rings (SSSR count). The predicted octanol–water partition coefficient (Wildman–Crippen LogP) is 2.06. The molecule has 0 aromatic heterocycles. The van der Waals surface area contributed by atoms with Gasteiger partial charge in [0.15, 0.2) is 0 Å². The Bertz CT molecular complexity index is 177. The van der Waals surface area contributed by atoms with Crippen LogP contribution in [-0.2, 0) is 9.47 Å². The van der Waals surface area contributed by atoms with Crippen LogP contribution in [0.5, 0.6) is 0 Å². The highest BCUT2D eigenvalue weighted by Crippen LogP contribution is 2.28. The molecule has 0 aliphatic heterocycles. The summed E-state index contributed by atoms with van der Waals surface area (Å²) in [6.07, 6.45) is 4.16. The highest BCUT2D eigenvalue weighted by Gasteiger charge is 2.24. The van der Waals surface area contributed by atoms with Gasteiger partial charge in [-0.3, -0.25) is 0 Å². The van der Waals surface area contributed by atoms with E-state index in [1.54, 1.807) is 14.2 Å². The average Bonchev–Trinajstić information content (AvgIpc) is 2.23. The summed E-state index contributed by atoms with van der Waals surface area (Å²) in [5.41, 5.74) is 0. The van der Waals surface area contributed by atoms with Gasteiger partial charge in [0.1, 0.15) is 0 Å². The van der Waals surface area contributed by atoms with Gasteiger partial charge >= 0.3 is 0 Å². The SMILES string of the molecule is COCC(CNC1CC(C)CC(C)C1)OC. The summed E-state index contributed by atoms with van der Waals surface area (Å²) in [6, 6.07) is 0.660. The van der Waals surface area contributed by atoms with E-state index in [9.17, 15) is 0 Å². The van der Waals surface area contributed by atoms with Crippen LogP contribution in [0.3, 0.4) is 0 Å². The fraction of sp³-hybridized carbons (Fsp3) is 1.00. The molecule has 0 amide bonds. The zero-order valence-electron chi connectivity index (χ0n) is 11.2. The molecule has 1 aliphatic carbocycles. The lowest BCUT2D eigenvalue weighted by Crippen LogP contribution is -2.41. The topological polar surface area (TPSA) is 30.5 Å². The Morgan fingerprint density at radius 2 is 1.75 bits per heavy atom. The quantitative estimate of drug-likeness (QED) is 0.756. The normalized spacial score (nSPS) is 32.6. The minimum atomic E-state index is 0.178. The van der Waals surface area contributed by atoms with E-state index in [4.69, 9.17) is 9.47 Å². The Labute approximate surface area is 99.9 Å². The number of ether oxygens (including phenoxy) is 2. The van der Waals surface area contributed by atoms with Crippen molar-refractivity contribution >= 4 is 0 Å². The van der Waals surface area contributed by atoms with E-state index in [-0.39, 0.29) is 6.10 Å². The summed E-state index contributed by atoms with van der Waals surface area (Å²) < 4.78 is 10.5. The molecule has 1 saturated carbocycles. The van der Waals surface area contributed by atoms with Crippen LogP contribution in [0.1, 0.15) is 33.1 Å². The van der Waals surface area contributed by atoms with Crippen molar-refractivity contribution in [2.75, 3.05) is 27.4 Å². The second kappa shape index (κ2) is 7.25. The van der Waals surface area contributed by atoms with E-state index in [1.807, 2.05) is 0 Å². The minimum absolute atomic E-state index is 0.178. The average molecular weight is 229 g/mol. The molecular formula is C13H27NO2. The molecule has 3 heteroatoms. The van der Waals surface area contributed by atoms with E-state index in [0.29, 0.717) is 12.6 Å². The highest BCUT2D eigenvalue weighted by molar-refractivity contribution is 4.80. The fourth-order valence-corrected chi connectivity index (χ4v) is 2.81. The van der Waals surface area contributed by atoms with Gasteiger partial charge in [-0.25, -0.2) is 0 Å². The number of methoxy groups -OCH3 is 2. The smallest absolute Gasteiger partial charge is 0.0928 e. The van der Waals surface area contributed by atoms with Crippen LogP contribution >= 0.6 is 0 Å². The van der Waals surface area contributed by atoms with Gasteiger partial charge < -0.3 is 14.8 Å². The van der Waals surface area contributed by atoms with Crippen LogP contribution < -0.4 is 5.32 Å². The molecule has 3 nitrogen and oxygen atoms in total. The van der Waals surface area contributed by atoms with E-state index >= 15 is 0 Å². The van der Waals surface area contributed by atoms with Crippen LogP contribution in [0, 0.1) is 11.8 Å². The Morgan fingerprint density at radius 3 is 2.25 bits per heavy atom. The summed E-state index contributed by atoms with van der Waals surface area (Å²) in [7, 11) is 3.47. The first-order chi connectivity index (χ1) is 7.65. The molecule has 0 aromatic rings. The Kier molecular flexibility index (Phi) is 6.32. The third-order valence-corrected chi connectivity index (χ3v) is 3.50. The summed E-state index contributed by atoms with van der Waals surface area (Å²) in [5, 5.41) is 3.61. The summed E-state index contributed by atoms with van der Waals surface area (Å²) >= 11 is 0. The second-order valence-electron chi connectivity index (χ2n) is 5.34. The molecule has 0 bridgehead atoms. The maximum atomic E-state index is 5.35. The zero-order valence-corrected chi connectivity index (χ0v) is 11.2. The molecule has 1 aliphatic rings. The molecule has 0 spiro atoms. The standard InChI is InChI=1S/C13H27NO2/c1-10-5-11(2)7-12(6-10)14-8-13(16-4)9-15-3/h10-14H,5-9H2,1-4H3. The number of hydrogen-bond acceptors (Lipinski definition) is 3. The van der Waals surface area contributed by atoms with E-state index in [2.05, 4.69) is 19.2 Å². The third-order valence-electron chi connectivity index (χ3n) is 3.50. The molecule has 0 radical (unpaired) electrons. The van der Waals surface area contributed by atoms with Crippen molar-refractivity contribution in [2.24, 2.45) is 11.8 Å². The van der Waals surface area contributed by atoms with Crippen molar-refractivity contribution in [1.82, 2.24) is 5.32 Å². The molecule has 3 unspecified atom stereocenters. The van der Waals surface area contributed by atoms with Gasteiger partial charge in [0, 0.05) is 26.8 Å². The zero-order chi connectivity index (χ0) is 12.0. The summed E-state index contributed by atoms with van der Waals surface area (Å²) in [4.78, 5) is 0. The minimum Gasteiger partial charge on any atom is -0.382 e. The van der Waals surface area contributed by atoms with E-state index in [0.717, 1.165) is 18.4 Å². The molecule has 0 heterocycles. The summed E-state index contributed by atoms with van der Waals surface area (Å²) in [5.74, 6) is 1.70. The molecule has 0 aromatic carbocycles. The van der Waals surface area contributed by atoms with Gasteiger partial charge in [-0.2, -0.15) is 0 Å². The largest absolute Gasteiger partial charge is 0.382 e. The second-order valence-corrected chi connectivity index (χ2v) is 5.34. The first-order valence-electron chi connectivity index (χ1n) is 6.40. The van der Waals surface area contributed by atoms with Gasteiger partial charge in [-0.05, 0) is 31.1 Å². The van der Waals surface area contributed by atoms with Crippen LogP contribution in [0.4, 0.5) is 0 Å². The maximum absolute atomic E-state index is 5.35. The lowest BCUT2D eigenvalue weighted by atomic mass is 9.80. The van der Waals surface area contributed by atoms with Crippen molar-refractivity contribution in [3.05, 3.63) is 0 Å². The Balaban J connectivity index is 2.25. The van der Waals surface area contributed by atoms with Gasteiger partial charge in [0.25, 0.3) is 0 Å². The van der Waals surface area contributed by atoms with Gasteiger partial charge in [0.2, 0.25) is 0 Å². The highest BCUT2D eigenvalue weighted by atomic mass is 16.5. The molecule has 1 fully saturated rings. The number of hydrogen-bond donors (Lipinski definition) is 1. The van der Waals surface area contributed by atoms with E-state index in [1.165, 1.54) is 19.3 Å². The molecular weight excluding hydrogens is 202 g/mol. The van der Waals surface area contributed by atoms with Crippen molar-refractivity contribution < 1.29 is 9.47 Å². The number of nitrogens with one attached hydrogen (secondary N) is 1. The molecule has 96 valence electrons. The van der Waals surface area contributed by atoms with E-state index < -0.39 is 0 Å². The lowest BCUT2D eigenvalue weighted by molar-refractivity contribution is 0.0255. The van der Waals surface area contributed by atoms with Crippen molar-refractivity contribution in [2.45, 2.75) is 45.3 Å². The predicted molar refractivity (Wildman–Crippen MR) is 66.6 cm³/mol. The first kappa shape index (κ1) is 13.9. The van der Waals surface area contributed by atoms with Crippen LogP contribution in [0.15, 0.2) is 0 Å². The Morgan fingerprint density at radius 1 is 1.12 bits per heavy atom. The van der Waals surface area contributed by atoms with Crippen LogP contribution in [0.2, 0.25) is 0 Å². The number of rotatable bonds is 6. The molecule has 1 N–H and O–H groups in total. The summed E-state index contributed by atoms with van der Waals surface area (Å²) in [6.45, 7) is 6.27. The third kappa shape index (κ3) is 4.81. The van der Waals surface area contributed by atoms with Crippen LogP contribution in [0.25, 0.3) is 0 Å². The van der Waals surface area contributed by atoms with Crippen molar-refractivity contribution in [1.29, 1.82) is 0 Å². The molecule has 16 heavy (non-hydrogen) atoms. The maximum Gasteiger partial charge on any atom is 0.0928 e. The van der Waals surface area contributed by atoms with Gasteiger partial charge in [-0.1, -0.05) is 13.8 Å². The van der Waals surface area contributed by atoms with Gasteiger partial charge in [0.05, 0.1) is 12.7 Å². The van der Waals surface area contributed by atoms with Crippen molar-refractivity contribution in [3.8, 4) is 0 Å². The first-order valence-corrected chi connectivity index (χ1v) is 6.40. The fourth-order valence-electron chi connectivity index (χ4n) is 2.81. The Hall–Kier alpha value is -0.120. The van der Waals surface area contributed by atoms with Gasteiger partial charge in [-0.15, -0.1) is 0 Å². The van der Waals surface area contributed by atoms with Crippen LogP contribution in [-0.4, -0.2) is 39.5 Å². The molecule has 0 saturated heterocycles. The monoisotopic (exact) mass is 229 g/mol. The lowest BCUT2D eigenvalue weighted by Gasteiger charge is -2.33.